The molecule has 1 saturated heterocycles. The Morgan fingerprint density at radius 3 is 2.55 bits per heavy atom. The summed E-state index contributed by atoms with van der Waals surface area (Å²) in [7, 11) is 1.37. The number of rotatable bonds is 9. The first-order chi connectivity index (χ1) is 18.2. The van der Waals surface area contributed by atoms with E-state index in [1.165, 1.54) is 26.3 Å². The molecule has 2 heterocycles. The minimum absolute atomic E-state index is 0.135. The number of amides is 1. The maximum atomic E-state index is 13.2. The van der Waals surface area contributed by atoms with Gasteiger partial charge in [-0.25, -0.2) is 9.78 Å². The number of ether oxygens (including phenoxy) is 5. The molecule has 38 heavy (non-hydrogen) atoms. The predicted octanol–water partition coefficient (Wildman–Crippen LogP) is 2.98. The summed E-state index contributed by atoms with van der Waals surface area (Å²) in [6.45, 7) is 7.76. The van der Waals surface area contributed by atoms with Gasteiger partial charge in [-0.15, -0.1) is 0 Å². The van der Waals surface area contributed by atoms with Gasteiger partial charge >= 0.3 is 11.9 Å². The highest BCUT2D eigenvalue weighted by Gasteiger charge is 2.36. The zero-order chi connectivity index (χ0) is 27.7. The predicted molar refractivity (Wildman–Crippen MR) is 138 cm³/mol. The molecule has 0 spiro atoms. The van der Waals surface area contributed by atoms with Crippen LogP contribution in [-0.4, -0.2) is 68.0 Å². The molecular formula is C28H36N2O8. The second kappa shape index (κ2) is 13.9. The molecular weight excluding hydrogens is 492 g/mol. The molecule has 4 atom stereocenters. The average molecular weight is 529 g/mol. The van der Waals surface area contributed by atoms with Gasteiger partial charge in [0.05, 0.1) is 26.4 Å². The molecule has 4 unspecified atom stereocenters. The number of hydrogen-bond donors (Lipinski definition) is 1. The fourth-order valence-electron chi connectivity index (χ4n) is 4.14. The third kappa shape index (κ3) is 8.00. The normalized spacial score (nSPS) is 22.0. The first-order valence-electron chi connectivity index (χ1n) is 12.7. The van der Waals surface area contributed by atoms with Gasteiger partial charge in [0, 0.05) is 31.7 Å². The Kier molecular flexibility index (Phi) is 10.6. The lowest BCUT2D eigenvalue weighted by Crippen LogP contribution is -2.46. The summed E-state index contributed by atoms with van der Waals surface area (Å²) in [5.41, 5.74) is 0.880. The molecule has 2 aromatic rings. The number of nitrogens with one attached hydrogen (secondary N) is 1. The van der Waals surface area contributed by atoms with E-state index >= 15 is 0 Å². The summed E-state index contributed by atoms with van der Waals surface area (Å²) in [5.74, 6) is -1.90. The Labute approximate surface area is 223 Å². The van der Waals surface area contributed by atoms with Crippen molar-refractivity contribution in [2.75, 3.05) is 26.9 Å². The topological polar surface area (TPSA) is 122 Å². The highest BCUT2D eigenvalue weighted by atomic mass is 16.6. The highest BCUT2D eigenvalue weighted by molar-refractivity contribution is 5.98. The van der Waals surface area contributed by atoms with E-state index in [1.807, 2.05) is 37.3 Å². The van der Waals surface area contributed by atoms with E-state index in [4.69, 9.17) is 23.7 Å². The van der Waals surface area contributed by atoms with Crippen LogP contribution in [0.1, 0.15) is 43.7 Å². The van der Waals surface area contributed by atoms with Crippen LogP contribution in [0, 0.1) is 11.8 Å². The molecule has 1 aromatic carbocycles. The van der Waals surface area contributed by atoms with E-state index in [0.29, 0.717) is 18.9 Å². The van der Waals surface area contributed by atoms with Crippen molar-refractivity contribution in [3.05, 3.63) is 53.9 Å². The summed E-state index contributed by atoms with van der Waals surface area (Å²) in [5, 5.41) is 2.61. The highest BCUT2D eigenvalue weighted by Crippen LogP contribution is 2.30. The van der Waals surface area contributed by atoms with E-state index in [0.717, 1.165) is 5.56 Å². The standard InChI is InChI=1S/C28H36N2O8/c1-17(2)14-36-24-16-35-15-22(28(33)37-18(3)21(24)13-20-9-7-6-8-10-20)30-27(32)25-26(38-19(4)31)23(34-5)11-12-29-25/h6-12,17-18,21-22,24H,13-16H2,1-5H3,(H,30,32). The summed E-state index contributed by atoms with van der Waals surface area (Å²) in [4.78, 5) is 41.9. The fourth-order valence-corrected chi connectivity index (χ4v) is 4.14. The molecule has 0 aliphatic carbocycles. The Morgan fingerprint density at radius 1 is 1.16 bits per heavy atom. The van der Waals surface area contributed by atoms with Crippen LogP contribution < -0.4 is 14.8 Å². The van der Waals surface area contributed by atoms with Crippen molar-refractivity contribution in [1.29, 1.82) is 0 Å². The number of aromatic nitrogens is 1. The van der Waals surface area contributed by atoms with Crippen LogP contribution in [0.5, 0.6) is 11.5 Å². The molecule has 1 aliphatic heterocycles. The van der Waals surface area contributed by atoms with Gasteiger partial charge in [0.2, 0.25) is 5.75 Å². The number of nitrogens with zero attached hydrogens (tertiary/aromatic N) is 1. The van der Waals surface area contributed by atoms with Gasteiger partial charge in [-0.3, -0.25) is 9.59 Å². The van der Waals surface area contributed by atoms with Crippen molar-refractivity contribution in [3.63, 3.8) is 0 Å². The van der Waals surface area contributed by atoms with Crippen molar-refractivity contribution in [2.45, 2.75) is 52.4 Å². The van der Waals surface area contributed by atoms with Gasteiger partial charge in [-0.05, 0) is 24.8 Å². The molecule has 10 heteroatoms. The molecule has 1 fully saturated rings. The minimum Gasteiger partial charge on any atom is -0.493 e. The van der Waals surface area contributed by atoms with Crippen molar-refractivity contribution in [1.82, 2.24) is 10.3 Å². The van der Waals surface area contributed by atoms with Crippen LogP contribution in [0.3, 0.4) is 0 Å². The number of hydrogen-bond acceptors (Lipinski definition) is 9. The number of benzene rings is 1. The lowest BCUT2D eigenvalue weighted by molar-refractivity contribution is -0.155. The van der Waals surface area contributed by atoms with Crippen LogP contribution in [-0.2, 0) is 30.2 Å². The molecule has 1 aliphatic rings. The number of pyridine rings is 1. The molecule has 10 nitrogen and oxygen atoms in total. The lowest BCUT2D eigenvalue weighted by atomic mass is 9.89. The quantitative estimate of drug-likeness (QED) is 0.490. The van der Waals surface area contributed by atoms with Crippen molar-refractivity contribution in [2.24, 2.45) is 11.8 Å². The van der Waals surface area contributed by atoms with E-state index in [-0.39, 0.29) is 42.4 Å². The first kappa shape index (κ1) is 29.1. The first-order valence-corrected chi connectivity index (χ1v) is 12.7. The number of carbonyl (C=O) groups excluding carboxylic acids is 3. The fraction of sp³-hybridized carbons (Fsp3) is 0.500. The summed E-state index contributed by atoms with van der Waals surface area (Å²) < 4.78 is 28.3. The van der Waals surface area contributed by atoms with Crippen LogP contribution in [0.15, 0.2) is 42.6 Å². The second-order valence-corrected chi connectivity index (χ2v) is 9.61. The smallest absolute Gasteiger partial charge is 0.331 e. The Bertz CT molecular complexity index is 1090. The van der Waals surface area contributed by atoms with Gasteiger partial charge in [0.25, 0.3) is 5.91 Å². The summed E-state index contributed by atoms with van der Waals surface area (Å²) in [6.07, 6.45) is 1.11. The summed E-state index contributed by atoms with van der Waals surface area (Å²) >= 11 is 0. The van der Waals surface area contributed by atoms with Crippen LogP contribution in [0.4, 0.5) is 0 Å². The molecule has 3 rings (SSSR count). The van der Waals surface area contributed by atoms with Crippen molar-refractivity contribution < 1.29 is 38.1 Å². The van der Waals surface area contributed by atoms with Gasteiger partial charge in [-0.2, -0.15) is 0 Å². The monoisotopic (exact) mass is 528 g/mol. The largest absolute Gasteiger partial charge is 0.493 e. The molecule has 0 radical (unpaired) electrons. The molecule has 0 bridgehead atoms. The minimum atomic E-state index is -1.12. The molecule has 206 valence electrons. The van der Waals surface area contributed by atoms with Crippen molar-refractivity contribution in [3.8, 4) is 11.5 Å². The van der Waals surface area contributed by atoms with E-state index in [2.05, 4.69) is 24.1 Å². The molecule has 1 N–H and O–H groups in total. The lowest BCUT2D eigenvalue weighted by Gasteiger charge is -2.31. The number of carbonyl (C=O) groups is 3. The van der Waals surface area contributed by atoms with Gasteiger partial charge in [0.1, 0.15) is 6.10 Å². The second-order valence-electron chi connectivity index (χ2n) is 9.61. The van der Waals surface area contributed by atoms with Gasteiger partial charge < -0.3 is 29.0 Å². The van der Waals surface area contributed by atoms with Crippen LogP contribution >= 0.6 is 0 Å². The number of cyclic esters (lactones) is 1. The zero-order valence-electron chi connectivity index (χ0n) is 22.5. The zero-order valence-corrected chi connectivity index (χ0v) is 22.5. The van der Waals surface area contributed by atoms with Gasteiger partial charge in [0.15, 0.2) is 17.5 Å². The maximum Gasteiger partial charge on any atom is 0.331 e. The average Bonchev–Trinajstić information content (AvgIpc) is 2.93. The molecule has 1 aromatic heterocycles. The van der Waals surface area contributed by atoms with E-state index < -0.39 is 30.0 Å². The van der Waals surface area contributed by atoms with Crippen molar-refractivity contribution >= 4 is 17.8 Å². The Morgan fingerprint density at radius 2 is 1.89 bits per heavy atom. The Balaban J connectivity index is 1.81. The molecule has 0 saturated carbocycles. The maximum absolute atomic E-state index is 13.2. The van der Waals surface area contributed by atoms with E-state index in [1.54, 1.807) is 0 Å². The third-order valence-corrected chi connectivity index (χ3v) is 6.05. The molecule has 1 amide bonds. The Hall–Kier alpha value is -3.50. The SMILES string of the molecule is COc1ccnc(C(=O)NC2COCC(OCC(C)C)C(Cc3ccccc3)C(C)OC2=O)c1OC(C)=O. The number of esters is 2. The van der Waals surface area contributed by atoms with Crippen LogP contribution in [0.2, 0.25) is 0 Å². The summed E-state index contributed by atoms with van der Waals surface area (Å²) in [6, 6.07) is 10.2. The van der Waals surface area contributed by atoms with E-state index in [9.17, 15) is 14.4 Å². The third-order valence-electron chi connectivity index (χ3n) is 6.05. The van der Waals surface area contributed by atoms with Crippen LogP contribution in [0.25, 0.3) is 0 Å². The van der Waals surface area contributed by atoms with Gasteiger partial charge in [-0.1, -0.05) is 44.2 Å². The number of methoxy groups -OCH3 is 1.